The predicted octanol–water partition coefficient (Wildman–Crippen LogP) is 3.38. The van der Waals surface area contributed by atoms with E-state index in [1.54, 1.807) is 10.9 Å². The SMILES string of the molecule is CCOc1cccc(-n2cc(C(=O)OC)c(CC)n2)c1.CCc1[nH]ncc1C(=O)OC. The largest absolute Gasteiger partial charge is 0.494 e. The number of hydrogen-bond donors (Lipinski definition) is 1. The molecular weight excluding hydrogens is 400 g/mol. The number of aromatic nitrogens is 4. The van der Waals surface area contributed by atoms with E-state index in [2.05, 4.69) is 20.0 Å². The summed E-state index contributed by atoms with van der Waals surface area (Å²) in [6.45, 7) is 6.44. The van der Waals surface area contributed by atoms with Crippen molar-refractivity contribution in [2.24, 2.45) is 0 Å². The Morgan fingerprint density at radius 2 is 1.74 bits per heavy atom. The molecule has 3 aromatic rings. The van der Waals surface area contributed by atoms with Crippen molar-refractivity contribution in [2.45, 2.75) is 33.6 Å². The van der Waals surface area contributed by atoms with Gasteiger partial charge in [-0.15, -0.1) is 0 Å². The Morgan fingerprint density at radius 3 is 2.35 bits per heavy atom. The number of H-pyrrole nitrogens is 1. The topological polar surface area (TPSA) is 108 Å². The van der Waals surface area contributed by atoms with E-state index in [-0.39, 0.29) is 11.9 Å². The van der Waals surface area contributed by atoms with Gasteiger partial charge in [-0.3, -0.25) is 5.10 Å². The number of aromatic amines is 1. The van der Waals surface area contributed by atoms with Crippen molar-refractivity contribution in [3.63, 3.8) is 0 Å². The molecule has 9 heteroatoms. The van der Waals surface area contributed by atoms with Crippen LogP contribution in [0.4, 0.5) is 0 Å². The molecule has 0 bridgehead atoms. The molecule has 0 spiro atoms. The van der Waals surface area contributed by atoms with Crippen LogP contribution in [0.3, 0.4) is 0 Å². The fourth-order valence-corrected chi connectivity index (χ4v) is 2.83. The monoisotopic (exact) mass is 428 g/mol. The maximum Gasteiger partial charge on any atom is 0.341 e. The lowest BCUT2D eigenvalue weighted by atomic mass is 10.2. The molecular formula is C22H28N4O5. The molecule has 2 heterocycles. The summed E-state index contributed by atoms with van der Waals surface area (Å²) < 4.78 is 16.5. The van der Waals surface area contributed by atoms with Crippen LogP contribution in [0.25, 0.3) is 5.69 Å². The normalized spacial score (nSPS) is 10.1. The number of benzene rings is 1. The average molecular weight is 428 g/mol. The van der Waals surface area contributed by atoms with Crippen molar-refractivity contribution < 1.29 is 23.8 Å². The first kappa shape index (κ1) is 23.7. The highest BCUT2D eigenvalue weighted by atomic mass is 16.5. The molecule has 0 unspecified atom stereocenters. The molecule has 0 radical (unpaired) electrons. The Kier molecular flexibility index (Phi) is 8.80. The lowest BCUT2D eigenvalue weighted by Crippen LogP contribution is -2.02. The van der Waals surface area contributed by atoms with Crippen molar-refractivity contribution in [1.82, 2.24) is 20.0 Å². The standard InChI is InChI=1S/C15H18N2O3.C7H10N2O2/c1-4-14-13(15(18)19-3)10-17(16-14)11-7-6-8-12(9-11)20-5-2;1-3-6-5(4-8-9-6)7(10)11-2/h6-10H,4-5H2,1-3H3;4H,3H2,1-2H3,(H,8,9). The Morgan fingerprint density at radius 1 is 1.03 bits per heavy atom. The number of aryl methyl sites for hydroxylation is 2. The number of carbonyl (C=O) groups excluding carboxylic acids is 2. The van der Waals surface area contributed by atoms with Crippen LogP contribution in [0.2, 0.25) is 0 Å². The summed E-state index contributed by atoms with van der Waals surface area (Å²) in [7, 11) is 2.73. The second-order valence-corrected chi connectivity index (χ2v) is 6.32. The van der Waals surface area contributed by atoms with Crippen LogP contribution in [-0.4, -0.2) is 52.7 Å². The lowest BCUT2D eigenvalue weighted by molar-refractivity contribution is 0.0590. The number of carbonyl (C=O) groups is 2. The average Bonchev–Trinajstić information content (AvgIpc) is 3.46. The fourth-order valence-electron chi connectivity index (χ4n) is 2.83. The van der Waals surface area contributed by atoms with Crippen LogP contribution < -0.4 is 4.74 Å². The van der Waals surface area contributed by atoms with Crippen LogP contribution in [-0.2, 0) is 22.3 Å². The third-order valence-corrected chi connectivity index (χ3v) is 4.40. The summed E-state index contributed by atoms with van der Waals surface area (Å²) in [5, 5.41) is 10.9. The van der Waals surface area contributed by atoms with Gasteiger partial charge in [-0.25, -0.2) is 14.3 Å². The molecule has 9 nitrogen and oxygen atoms in total. The van der Waals surface area contributed by atoms with Gasteiger partial charge in [0.05, 0.1) is 38.4 Å². The number of rotatable bonds is 7. The van der Waals surface area contributed by atoms with E-state index in [0.29, 0.717) is 24.2 Å². The number of nitrogens with zero attached hydrogens (tertiary/aromatic N) is 3. The first-order chi connectivity index (χ1) is 15.0. The molecule has 1 aromatic carbocycles. The molecule has 0 saturated heterocycles. The lowest BCUT2D eigenvalue weighted by Gasteiger charge is -2.05. The molecule has 0 atom stereocenters. The number of ether oxygens (including phenoxy) is 3. The van der Waals surface area contributed by atoms with Gasteiger partial charge in [-0.2, -0.15) is 10.2 Å². The van der Waals surface area contributed by atoms with Gasteiger partial charge < -0.3 is 14.2 Å². The zero-order valence-corrected chi connectivity index (χ0v) is 18.5. The minimum atomic E-state index is -0.367. The maximum atomic E-state index is 11.7. The molecule has 0 aliphatic rings. The molecule has 0 fully saturated rings. The van der Waals surface area contributed by atoms with Gasteiger partial charge in [-0.1, -0.05) is 19.9 Å². The maximum absolute atomic E-state index is 11.7. The molecule has 0 saturated carbocycles. The molecule has 3 rings (SSSR count). The van der Waals surface area contributed by atoms with Crippen molar-refractivity contribution in [3.8, 4) is 11.4 Å². The van der Waals surface area contributed by atoms with Gasteiger partial charge in [0, 0.05) is 18.0 Å². The summed E-state index contributed by atoms with van der Waals surface area (Å²) >= 11 is 0. The van der Waals surface area contributed by atoms with Gasteiger partial charge in [0.25, 0.3) is 0 Å². The van der Waals surface area contributed by atoms with Gasteiger partial charge in [0.2, 0.25) is 0 Å². The minimum Gasteiger partial charge on any atom is -0.494 e. The molecule has 1 N–H and O–H groups in total. The number of nitrogens with one attached hydrogen (secondary N) is 1. The Bertz CT molecular complexity index is 1010. The minimum absolute atomic E-state index is 0.337. The zero-order chi connectivity index (χ0) is 22.8. The highest BCUT2D eigenvalue weighted by molar-refractivity contribution is 5.90. The van der Waals surface area contributed by atoms with Crippen LogP contribution in [0.15, 0.2) is 36.7 Å². The van der Waals surface area contributed by atoms with Crippen LogP contribution >= 0.6 is 0 Å². The van der Waals surface area contributed by atoms with Crippen molar-refractivity contribution in [3.05, 3.63) is 59.2 Å². The summed E-state index contributed by atoms with van der Waals surface area (Å²) in [6.07, 6.45) is 4.59. The zero-order valence-electron chi connectivity index (χ0n) is 18.5. The van der Waals surface area contributed by atoms with E-state index in [1.807, 2.05) is 45.0 Å². The highest BCUT2D eigenvalue weighted by Gasteiger charge is 2.16. The van der Waals surface area contributed by atoms with Gasteiger partial charge in [0.1, 0.15) is 16.9 Å². The number of esters is 2. The number of hydrogen-bond acceptors (Lipinski definition) is 7. The molecule has 31 heavy (non-hydrogen) atoms. The predicted molar refractivity (Wildman–Crippen MR) is 115 cm³/mol. The highest BCUT2D eigenvalue weighted by Crippen LogP contribution is 2.19. The van der Waals surface area contributed by atoms with E-state index >= 15 is 0 Å². The third-order valence-electron chi connectivity index (χ3n) is 4.40. The fraction of sp³-hybridized carbons (Fsp3) is 0.364. The van der Waals surface area contributed by atoms with Gasteiger partial charge in [-0.05, 0) is 31.9 Å². The summed E-state index contributed by atoms with van der Waals surface area (Å²) in [5.41, 5.74) is 3.41. The summed E-state index contributed by atoms with van der Waals surface area (Å²) in [6, 6.07) is 7.58. The van der Waals surface area contributed by atoms with E-state index in [1.165, 1.54) is 20.4 Å². The number of methoxy groups -OCH3 is 2. The molecule has 166 valence electrons. The molecule has 0 aliphatic carbocycles. The van der Waals surface area contributed by atoms with Crippen LogP contribution in [0, 0.1) is 0 Å². The quantitative estimate of drug-likeness (QED) is 0.575. The van der Waals surface area contributed by atoms with Crippen molar-refractivity contribution in [2.75, 3.05) is 20.8 Å². The van der Waals surface area contributed by atoms with Crippen LogP contribution in [0.5, 0.6) is 5.75 Å². The van der Waals surface area contributed by atoms with E-state index in [0.717, 1.165) is 29.2 Å². The van der Waals surface area contributed by atoms with E-state index in [9.17, 15) is 9.59 Å². The first-order valence-corrected chi connectivity index (χ1v) is 9.99. The van der Waals surface area contributed by atoms with E-state index < -0.39 is 0 Å². The molecule has 0 amide bonds. The van der Waals surface area contributed by atoms with Gasteiger partial charge in [0.15, 0.2) is 0 Å². The van der Waals surface area contributed by atoms with Crippen molar-refractivity contribution in [1.29, 1.82) is 0 Å². The Hall–Kier alpha value is -3.62. The summed E-state index contributed by atoms with van der Waals surface area (Å²) in [5.74, 6) is 0.0721. The van der Waals surface area contributed by atoms with Crippen molar-refractivity contribution >= 4 is 11.9 Å². The second kappa shape index (κ2) is 11.5. The summed E-state index contributed by atoms with van der Waals surface area (Å²) in [4.78, 5) is 22.7. The Labute approximate surface area is 181 Å². The smallest absolute Gasteiger partial charge is 0.341 e. The third kappa shape index (κ3) is 5.94. The van der Waals surface area contributed by atoms with Crippen LogP contribution in [0.1, 0.15) is 52.9 Å². The van der Waals surface area contributed by atoms with Gasteiger partial charge >= 0.3 is 11.9 Å². The Balaban J connectivity index is 0.000000262. The van der Waals surface area contributed by atoms with E-state index in [4.69, 9.17) is 9.47 Å². The molecule has 0 aliphatic heterocycles. The molecule has 2 aromatic heterocycles. The second-order valence-electron chi connectivity index (χ2n) is 6.32. The first-order valence-electron chi connectivity index (χ1n) is 9.99.